The molecule has 0 aliphatic carbocycles. The number of allylic oxidation sites excluding steroid dienone is 1. The highest BCUT2D eigenvalue weighted by atomic mass is 32.2. The van der Waals surface area contributed by atoms with E-state index >= 15 is 0 Å². The van der Waals surface area contributed by atoms with E-state index in [1.807, 2.05) is 23.1 Å². The van der Waals surface area contributed by atoms with Crippen molar-refractivity contribution in [1.29, 1.82) is 0 Å². The Bertz CT molecular complexity index is 783. The largest absolute Gasteiger partial charge is 0.317 e. The molecule has 2 aliphatic heterocycles. The molecule has 0 atom stereocenters. The van der Waals surface area contributed by atoms with Crippen LogP contribution in [-0.4, -0.2) is 23.2 Å². The van der Waals surface area contributed by atoms with E-state index in [4.69, 9.17) is 0 Å². The molecule has 0 fully saturated rings. The maximum atomic E-state index is 4.64. The summed E-state index contributed by atoms with van der Waals surface area (Å²) >= 11 is 3.77. The van der Waals surface area contributed by atoms with E-state index in [2.05, 4.69) is 54.9 Å². The Morgan fingerprint density at radius 1 is 1.24 bits per heavy atom. The molecule has 21 heavy (non-hydrogen) atoms. The van der Waals surface area contributed by atoms with Crippen molar-refractivity contribution in [2.75, 3.05) is 13.1 Å². The van der Waals surface area contributed by atoms with Crippen molar-refractivity contribution in [2.24, 2.45) is 10.9 Å². The molecule has 4 rings (SSSR count). The molecule has 108 valence electrons. The smallest absolute Gasteiger partial charge is 0.168 e. The molecule has 0 saturated carbocycles. The van der Waals surface area contributed by atoms with Gasteiger partial charge in [0.2, 0.25) is 0 Å². The van der Waals surface area contributed by atoms with Gasteiger partial charge >= 0.3 is 0 Å². The van der Waals surface area contributed by atoms with E-state index in [9.17, 15) is 0 Å². The van der Waals surface area contributed by atoms with Crippen LogP contribution in [0.2, 0.25) is 0 Å². The van der Waals surface area contributed by atoms with Crippen molar-refractivity contribution in [3.05, 3.63) is 39.6 Å². The summed E-state index contributed by atoms with van der Waals surface area (Å²) in [5.41, 5.74) is 2.74. The van der Waals surface area contributed by atoms with Crippen molar-refractivity contribution in [3.63, 3.8) is 0 Å². The predicted molar refractivity (Wildman–Crippen MR) is 94.9 cm³/mol. The number of thioether (sulfide) groups is 1. The number of aryl methyl sites for hydroxylation is 1. The Labute approximate surface area is 133 Å². The molecular weight excluding hydrogens is 296 g/mol. The molecule has 2 aliphatic rings. The van der Waals surface area contributed by atoms with Crippen LogP contribution in [0.25, 0.3) is 15.8 Å². The summed E-state index contributed by atoms with van der Waals surface area (Å²) < 4.78 is 1.38. The second-order valence-corrected chi connectivity index (χ2v) is 8.03. The minimum Gasteiger partial charge on any atom is -0.317 e. The first-order valence-corrected chi connectivity index (χ1v) is 9.01. The number of nitrogens with zero attached hydrogens (tertiary/aromatic N) is 2. The molecule has 0 saturated heterocycles. The standard InChI is InChI=1S/C17H18N2S2/c1-10(2)16-15(19-7-6-18-17(19)21-16)14-9-12-8-11(3)4-5-13(12)20-14/h4-5,8-10H,6-7H2,1-3H3. The zero-order chi connectivity index (χ0) is 14.6. The number of aliphatic imine (C=N–C) groups is 1. The highest BCUT2D eigenvalue weighted by Gasteiger charge is 2.34. The van der Waals surface area contributed by atoms with Crippen LogP contribution < -0.4 is 0 Å². The summed E-state index contributed by atoms with van der Waals surface area (Å²) in [6, 6.07) is 9.08. The molecule has 4 heteroatoms. The summed E-state index contributed by atoms with van der Waals surface area (Å²) in [6.45, 7) is 8.68. The van der Waals surface area contributed by atoms with Crippen LogP contribution in [0.15, 0.2) is 34.2 Å². The Morgan fingerprint density at radius 2 is 2.10 bits per heavy atom. The quantitative estimate of drug-likeness (QED) is 0.779. The van der Waals surface area contributed by atoms with Crippen molar-refractivity contribution < 1.29 is 0 Å². The van der Waals surface area contributed by atoms with Gasteiger partial charge < -0.3 is 4.90 Å². The van der Waals surface area contributed by atoms with E-state index in [-0.39, 0.29) is 0 Å². The third kappa shape index (κ3) is 2.12. The van der Waals surface area contributed by atoms with Crippen LogP contribution in [0, 0.1) is 12.8 Å². The Kier molecular flexibility index (Phi) is 3.12. The van der Waals surface area contributed by atoms with Gasteiger partial charge in [-0.3, -0.25) is 4.99 Å². The van der Waals surface area contributed by atoms with Crippen molar-refractivity contribution in [2.45, 2.75) is 20.8 Å². The van der Waals surface area contributed by atoms with Gasteiger partial charge in [0.15, 0.2) is 5.17 Å². The fourth-order valence-electron chi connectivity index (χ4n) is 2.93. The van der Waals surface area contributed by atoms with Crippen LogP contribution in [0.3, 0.4) is 0 Å². The van der Waals surface area contributed by atoms with Crippen LogP contribution in [-0.2, 0) is 0 Å². The second kappa shape index (κ2) is 4.89. The first kappa shape index (κ1) is 13.4. The third-order valence-electron chi connectivity index (χ3n) is 3.94. The zero-order valence-electron chi connectivity index (χ0n) is 12.5. The van der Waals surface area contributed by atoms with Crippen molar-refractivity contribution in [1.82, 2.24) is 4.90 Å². The van der Waals surface area contributed by atoms with E-state index in [0.717, 1.165) is 13.1 Å². The Morgan fingerprint density at radius 3 is 2.90 bits per heavy atom. The molecule has 0 N–H and O–H groups in total. The van der Waals surface area contributed by atoms with Gasteiger partial charge in [-0.05, 0) is 30.4 Å². The van der Waals surface area contributed by atoms with E-state index in [1.54, 1.807) is 0 Å². The van der Waals surface area contributed by atoms with Crippen LogP contribution in [0.1, 0.15) is 24.3 Å². The third-order valence-corrected chi connectivity index (χ3v) is 6.48. The molecule has 0 bridgehead atoms. The number of amidine groups is 1. The topological polar surface area (TPSA) is 15.6 Å². The molecular formula is C17H18N2S2. The molecule has 0 unspecified atom stereocenters. The minimum absolute atomic E-state index is 0.547. The Hall–Kier alpha value is -1.26. The lowest BCUT2D eigenvalue weighted by Crippen LogP contribution is -2.19. The average molecular weight is 314 g/mol. The van der Waals surface area contributed by atoms with Crippen LogP contribution >= 0.6 is 23.1 Å². The summed E-state index contributed by atoms with van der Waals surface area (Å²) in [5, 5.41) is 2.56. The number of fused-ring (bicyclic) bond motifs is 2. The average Bonchev–Trinajstić information content (AvgIpc) is 3.09. The number of benzene rings is 1. The summed E-state index contributed by atoms with van der Waals surface area (Å²) in [5.74, 6) is 0.547. The molecule has 0 spiro atoms. The molecule has 3 heterocycles. The maximum Gasteiger partial charge on any atom is 0.168 e. The summed E-state index contributed by atoms with van der Waals surface area (Å²) in [4.78, 5) is 9.91. The molecule has 2 nitrogen and oxygen atoms in total. The monoisotopic (exact) mass is 314 g/mol. The fourth-order valence-corrected chi connectivity index (χ4v) is 5.30. The van der Waals surface area contributed by atoms with Gasteiger partial charge in [-0.1, -0.05) is 43.3 Å². The number of hydrogen-bond donors (Lipinski definition) is 0. The molecule has 0 amide bonds. The van der Waals surface area contributed by atoms with Gasteiger partial charge in [0.1, 0.15) is 0 Å². The molecule has 2 aromatic rings. The summed E-state index contributed by atoms with van der Waals surface area (Å²) in [7, 11) is 0. The highest BCUT2D eigenvalue weighted by molar-refractivity contribution is 8.17. The SMILES string of the molecule is Cc1ccc2sc(C3=C(C(C)C)SC4=NCCN43)cc2c1. The van der Waals surface area contributed by atoms with Gasteiger partial charge in [-0.2, -0.15) is 0 Å². The van der Waals surface area contributed by atoms with Gasteiger partial charge in [-0.15, -0.1) is 11.3 Å². The predicted octanol–water partition coefficient (Wildman–Crippen LogP) is 4.95. The van der Waals surface area contributed by atoms with Crippen molar-refractivity contribution >= 4 is 44.0 Å². The number of rotatable bonds is 2. The number of thiophene rings is 1. The lowest BCUT2D eigenvalue weighted by molar-refractivity contribution is 0.642. The van der Waals surface area contributed by atoms with Crippen molar-refractivity contribution in [3.8, 4) is 0 Å². The number of hydrogen-bond acceptors (Lipinski definition) is 4. The Balaban J connectivity index is 1.88. The maximum absolute atomic E-state index is 4.64. The zero-order valence-corrected chi connectivity index (χ0v) is 14.1. The van der Waals surface area contributed by atoms with Gasteiger partial charge in [-0.25, -0.2) is 0 Å². The summed E-state index contributed by atoms with van der Waals surface area (Å²) in [6.07, 6.45) is 0. The van der Waals surface area contributed by atoms with E-state index < -0.39 is 0 Å². The van der Waals surface area contributed by atoms with Crippen LogP contribution in [0.4, 0.5) is 0 Å². The van der Waals surface area contributed by atoms with E-state index in [0.29, 0.717) is 5.92 Å². The fraction of sp³-hybridized carbons (Fsp3) is 0.353. The lowest BCUT2D eigenvalue weighted by atomic mass is 10.1. The lowest BCUT2D eigenvalue weighted by Gasteiger charge is -2.16. The van der Waals surface area contributed by atoms with Gasteiger partial charge in [0, 0.05) is 16.1 Å². The highest BCUT2D eigenvalue weighted by Crippen LogP contribution is 2.47. The molecule has 0 radical (unpaired) electrons. The molecule has 1 aromatic heterocycles. The first-order valence-electron chi connectivity index (χ1n) is 7.38. The molecule has 1 aromatic carbocycles. The normalized spacial score (nSPS) is 18.1. The van der Waals surface area contributed by atoms with Crippen LogP contribution in [0.5, 0.6) is 0 Å². The second-order valence-electron chi connectivity index (χ2n) is 5.94. The van der Waals surface area contributed by atoms with Gasteiger partial charge in [0.25, 0.3) is 0 Å². The minimum atomic E-state index is 0.547. The van der Waals surface area contributed by atoms with E-state index in [1.165, 1.54) is 36.3 Å². The van der Waals surface area contributed by atoms with Gasteiger partial charge in [0.05, 0.1) is 17.1 Å². The first-order chi connectivity index (χ1) is 10.1.